The van der Waals surface area contributed by atoms with Gasteiger partial charge in [-0.05, 0) is 75.0 Å². The molecule has 2 nitrogen and oxygen atoms in total. The lowest BCUT2D eigenvalue weighted by Gasteiger charge is -2.07. The standard InChI is InChI=1S/C14H12Br2O2S/c1-8-3-9(2)5-10(4-8)18-7-12(17)11-6-13(15)19-14(11)16/h3-6H,7H2,1-2H3. The highest BCUT2D eigenvalue weighted by Crippen LogP contribution is 2.32. The van der Waals surface area contributed by atoms with Crippen molar-refractivity contribution in [2.24, 2.45) is 0 Å². The number of benzene rings is 1. The largest absolute Gasteiger partial charge is 0.485 e. The van der Waals surface area contributed by atoms with E-state index in [0.29, 0.717) is 5.56 Å². The number of carbonyl (C=O) groups is 1. The summed E-state index contributed by atoms with van der Waals surface area (Å²) in [5, 5.41) is 0. The van der Waals surface area contributed by atoms with E-state index in [9.17, 15) is 4.79 Å². The third-order valence-corrected chi connectivity index (χ3v) is 4.86. The highest BCUT2D eigenvalue weighted by molar-refractivity contribution is 9.12. The van der Waals surface area contributed by atoms with Crippen LogP contribution in [0.2, 0.25) is 0 Å². The van der Waals surface area contributed by atoms with E-state index in [2.05, 4.69) is 37.9 Å². The van der Waals surface area contributed by atoms with Crippen molar-refractivity contribution >= 4 is 49.0 Å². The van der Waals surface area contributed by atoms with Gasteiger partial charge < -0.3 is 4.74 Å². The Balaban J connectivity index is 2.06. The van der Waals surface area contributed by atoms with Crippen LogP contribution in [0.25, 0.3) is 0 Å². The normalized spacial score (nSPS) is 10.5. The molecule has 0 aliphatic rings. The maximum Gasteiger partial charge on any atom is 0.202 e. The summed E-state index contributed by atoms with van der Waals surface area (Å²) in [7, 11) is 0. The second-order valence-corrected chi connectivity index (χ2v) is 8.02. The molecule has 100 valence electrons. The van der Waals surface area contributed by atoms with E-state index in [0.717, 1.165) is 24.4 Å². The van der Waals surface area contributed by atoms with Crippen LogP contribution in [0, 0.1) is 13.8 Å². The fourth-order valence-electron chi connectivity index (χ4n) is 1.77. The Morgan fingerprint density at radius 1 is 1.16 bits per heavy atom. The molecule has 1 heterocycles. The van der Waals surface area contributed by atoms with Gasteiger partial charge in [-0.1, -0.05) is 6.07 Å². The first-order valence-electron chi connectivity index (χ1n) is 5.65. The maximum atomic E-state index is 12.1. The van der Waals surface area contributed by atoms with Crippen molar-refractivity contribution in [1.82, 2.24) is 0 Å². The number of Topliss-reactive ketones (excluding diaryl/α,β-unsaturated/α-hetero) is 1. The van der Waals surface area contributed by atoms with Crippen LogP contribution in [0.4, 0.5) is 0 Å². The summed E-state index contributed by atoms with van der Waals surface area (Å²) in [6.45, 7) is 4.06. The van der Waals surface area contributed by atoms with Gasteiger partial charge in [-0.25, -0.2) is 0 Å². The number of halogens is 2. The lowest BCUT2D eigenvalue weighted by molar-refractivity contribution is 0.0921. The van der Waals surface area contributed by atoms with Crippen LogP contribution in [0.5, 0.6) is 5.75 Å². The molecule has 2 aromatic rings. The van der Waals surface area contributed by atoms with Crippen LogP contribution < -0.4 is 4.74 Å². The fraction of sp³-hybridized carbons (Fsp3) is 0.214. The molecule has 0 unspecified atom stereocenters. The smallest absolute Gasteiger partial charge is 0.202 e. The van der Waals surface area contributed by atoms with Crippen molar-refractivity contribution in [3.8, 4) is 5.75 Å². The van der Waals surface area contributed by atoms with Gasteiger partial charge in [-0.15, -0.1) is 11.3 Å². The molecule has 0 radical (unpaired) electrons. The van der Waals surface area contributed by atoms with Crippen molar-refractivity contribution in [2.45, 2.75) is 13.8 Å². The van der Waals surface area contributed by atoms with Crippen molar-refractivity contribution in [3.05, 3.63) is 48.5 Å². The van der Waals surface area contributed by atoms with Gasteiger partial charge in [0.2, 0.25) is 5.78 Å². The van der Waals surface area contributed by atoms with Gasteiger partial charge in [-0.3, -0.25) is 4.79 Å². The second-order valence-electron chi connectivity index (χ2n) is 4.27. The number of thiophene rings is 1. The average Bonchev–Trinajstić information content (AvgIpc) is 2.64. The Labute approximate surface area is 133 Å². The lowest BCUT2D eigenvalue weighted by Crippen LogP contribution is -2.11. The third-order valence-electron chi connectivity index (χ3n) is 2.52. The third kappa shape index (κ3) is 3.91. The highest BCUT2D eigenvalue weighted by atomic mass is 79.9. The van der Waals surface area contributed by atoms with Gasteiger partial charge in [-0.2, -0.15) is 0 Å². The molecule has 0 fully saturated rings. The quantitative estimate of drug-likeness (QED) is 0.659. The van der Waals surface area contributed by atoms with E-state index < -0.39 is 0 Å². The van der Waals surface area contributed by atoms with Crippen LogP contribution in [0.3, 0.4) is 0 Å². The molecule has 2 rings (SSSR count). The minimum atomic E-state index is -0.0343. The zero-order valence-electron chi connectivity index (χ0n) is 10.5. The van der Waals surface area contributed by atoms with E-state index >= 15 is 0 Å². The Kier molecular flexibility index (Phi) is 4.81. The summed E-state index contributed by atoms with van der Waals surface area (Å²) >= 11 is 8.22. The van der Waals surface area contributed by atoms with Gasteiger partial charge >= 0.3 is 0 Å². The first kappa shape index (κ1) is 14.8. The van der Waals surface area contributed by atoms with E-state index in [1.165, 1.54) is 11.3 Å². The molecule has 0 amide bonds. The Morgan fingerprint density at radius 2 is 1.79 bits per heavy atom. The number of carbonyl (C=O) groups excluding carboxylic acids is 1. The molecule has 1 aromatic heterocycles. The minimum absolute atomic E-state index is 0.0343. The predicted molar refractivity (Wildman–Crippen MR) is 85.5 cm³/mol. The minimum Gasteiger partial charge on any atom is -0.485 e. The molecule has 0 bridgehead atoms. The van der Waals surface area contributed by atoms with Crippen molar-refractivity contribution in [3.63, 3.8) is 0 Å². The first-order chi connectivity index (χ1) is 8.95. The van der Waals surface area contributed by atoms with E-state index in [1.807, 2.05) is 32.0 Å². The van der Waals surface area contributed by atoms with Crippen LogP contribution in [-0.2, 0) is 0 Å². The van der Waals surface area contributed by atoms with E-state index in [-0.39, 0.29) is 12.4 Å². The fourth-order valence-corrected chi connectivity index (χ4v) is 4.63. The van der Waals surface area contributed by atoms with E-state index in [4.69, 9.17) is 4.74 Å². The number of ether oxygens (including phenoxy) is 1. The number of hydrogen-bond acceptors (Lipinski definition) is 3. The zero-order valence-corrected chi connectivity index (χ0v) is 14.5. The topological polar surface area (TPSA) is 26.3 Å². The molecule has 0 saturated carbocycles. The zero-order chi connectivity index (χ0) is 14.0. The van der Waals surface area contributed by atoms with Gasteiger partial charge in [0, 0.05) is 5.56 Å². The molecule has 0 atom stereocenters. The molecule has 0 saturated heterocycles. The van der Waals surface area contributed by atoms with Gasteiger partial charge in [0.25, 0.3) is 0 Å². The first-order valence-corrected chi connectivity index (χ1v) is 8.05. The van der Waals surface area contributed by atoms with Gasteiger partial charge in [0.1, 0.15) is 5.75 Å². The average molecular weight is 404 g/mol. The monoisotopic (exact) mass is 402 g/mol. The van der Waals surface area contributed by atoms with Crippen molar-refractivity contribution in [2.75, 3.05) is 6.61 Å². The van der Waals surface area contributed by atoms with E-state index in [1.54, 1.807) is 0 Å². The van der Waals surface area contributed by atoms with Gasteiger partial charge in [0.15, 0.2) is 6.61 Å². The van der Waals surface area contributed by atoms with Crippen LogP contribution >= 0.6 is 43.2 Å². The second kappa shape index (κ2) is 6.20. The highest BCUT2D eigenvalue weighted by Gasteiger charge is 2.14. The summed E-state index contributed by atoms with van der Waals surface area (Å²) in [5.74, 6) is 0.698. The number of aryl methyl sites for hydroxylation is 2. The summed E-state index contributed by atoms with van der Waals surface area (Å²) < 4.78 is 7.32. The molecule has 5 heteroatoms. The molecule has 19 heavy (non-hydrogen) atoms. The van der Waals surface area contributed by atoms with Crippen molar-refractivity contribution < 1.29 is 9.53 Å². The number of rotatable bonds is 4. The molecule has 0 aliphatic carbocycles. The summed E-state index contributed by atoms with van der Waals surface area (Å²) in [6.07, 6.45) is 0. The SMILES string of the molecule is Cc1cc(C)cc(OCC(=O)c2cc(Br)sc2Br)c1. The van der Waals surface area contributed by atoms with Crippen LogP contribution in [0.15, 0.2) is 31.8 Å². The van der Waals surface area contributed by atoms with Crippen LogP contribution in [-0.4, -0.2) is 12.4 Å². The molecular formula is C14H12Br2O2S. The van der Waals surface area contributed by atoms with Crippen molar-refractivity contribution in [1.29, 1.82) is 0 Å². The Bertz CT molecular complexity index is 600. The molecule has 0 spiro atoms. The molecule has 0 N–H and O–H groups in total. The molecule has 1 aromatic carbocycles. The lowest BCUT2D eigenvalue weighted by atomic mass is 10.1. The Morgan fingerprint density at radius 3 is 2.32 bits per heavy atom. The summed E-state index contributed by atoms with van der Waals surface area (Å²) in [5.41, 5.74) is 2.91. The van der Waals surface area contributed by atoms with Crippen LogP contribution in [0.1, 0.15) is 21.5 Å². The number of hydrogen-bond donors (Lipinski definition) is 0. The molecule has 0 aliphatic heterocycles. The number of ketones is 1. The predicted octanol–water partition coefficient (Wildman–Crippen LogP) is 5.15. The summed E-state index contributed by atoms with van der Waals surface area (Å²) in [6, 6.07) is 7.74. The maximum absolute atomic E-state index is 12.1. The van der Waals surface area contributed by atoms with Gasteiger partial charge in [0.05, 0.1) is 7.57 Å². The molecular weight excluding hydrogens is 392 g/mol. The Hall–Kier alpha value is -0.650. The summed E-state index contributed by atoms with van der Waals surface area (Å²) in [4.78, 5) is 12.1.